The molecular formula is C12H18F3N3O. The number of ether oxygens (including phenoxy) is 1. The van der Waals surface area contributed by atoms with E-state index in [4.69, 9.17) is 5.84 Å². The maximum absolute atomic E-state index is 12.1. The lowest BCUT2D eigenvalue weighted by atomic mass is 10.0. The largest absolute Gasteiger partial charge is 0.573 e. The molecule has 0 saturated heterocycles. The lowest BCUT2D eigenvalue weighted by Crippen LogP contribution is -2.30. The van der Waals surface area contributed by atoms with E-state index in [0.717, 1.165) is 6.54 Å². The van der Waals surface area contributed by atoms with E-state index in [2.05, 4.69) is 10.2 Å². The van der Waals surface area contributed by atoms with Crippen LogP contribution in [0.3, 0.4) is 0 Å². The molecule has 0 radical (unpaired) electrons. The normalized spacial score (nSPS) is 13.6. The van der Waals surface area contributed by atoms with Crippen molar-refractivity contribution in [3.8, 4) is 5.75 Å². The Morgan fingerprint density at radius 1 is 1.37 bits per heavy atom. The Kier molecular flexibility index (Phi) is 5.59. The Labute approximate surface area is 110 Å². The maximum atomic E-state index is 12.1. The van der Waals surface area contributed by atoms with Crippen molar-refractivity contribution >= 4 is 0 Å². The Morgan fingerprint density at radius 2 is 2.05 bits per heavy atom. The number of nitrogens with two attached hydrogens (primary N) is 1. The van der Waals surface area contributed by atoms with Crippen LogP contribution in [-0.4, -0.2) is 31.9 Å². The summed E-state index contributed by atoms with van der Waals surface area (Å²) in [7, 11) is 3.83. The number of hydrazine groups is 1. The predicted molar refractivity (Wildman–Crippen MR) is 66.4 cm³/mol. The summed E-state index contributed by atoms with van der Waals surface area (Å²) in [5.41, 5.74) is 3.26. The van der Waals surface area contributed by atoms with Crippen molar-refractivity contribution in [2.24, 2.45) is 5.84 Å². The highest BCUT2D eigenvalue weighted by molar-refractivity contribution is 5.30. The number of alkyl halides is 3. The maximum Gasteiger partial charge on any atom is 0.573 e. The average molecular weight is 277 g/mol. The van der Waals surface area contributed by atoms with Crippen LogP contribution in [0.15, 0.2) is 24.3 Å². The zero-order chi connectivity index (χ0) is 14.5. The highest BCUT2D eigenvalue weighted by Gasteiger charge is 2.31. The molecule has 0 aromatic heterocycles. The summed E-state index contributed by atoms with van der Waals surface area (Å²) in [5, 5.41) is 0. The lowest BCUT2D eigenvalue weighted by molar-refractivity contribution is -0.274. The van der Waals surface area contributed by atoms with E-state index < -0.39 is 6.36 Å². The highest BCUT2D eigenvalue weighted by Crippen LogP contribution is 2.26. The Bertz CT molecular complexity index is 396. The monoisotopic (exact) mass is 277 g/mol. The first-order chi connectivity index (χ1) is 8.81. The Hall–Kier alpha value is -1.31. The molecule has 0 heterocycles. The summed E-state index contributed by atoms with van der Waals surface area (Å²) in [6.45, 7) is 0.763. The number of hydrogen-bond acceptors (Lipinski definition) is 4. The van der Waals surface area contributed by atoms with Gasteiger partial charge in [0.25, 0.3) is 0 Å². The minimum absolute atomic E-state index is 0.223. The summed E-state index contributed by atoms with van der Waals surface area (Å²) < 4.78 is 40.3. The quantitative estimate of drug-likeness (QED) is 0.617. The second-order valence-corrected chi connectivity index (χ2v) is 4.43. The third-order valence-corrected chi connectivity index (χ3v) is 2.56. The van der Waals surface area contributed by atoms with Gasteiger partial charge in [-0.3, -0.25) is 11.3 Å². The van der Waals surface area contributed by atoms with Gasteiger partial charge < -0.3 is 9.64 Å². The minimum atomic E-state index is -4.69. The molecule has 0 aliphatic rings. The Morgan fingerprint density at radius 3 is 2.58 bits per heavy atom. The first-order valence-electron chi connectivity index (χ1n) is 5.78. The number of benzene rings is 1. The number of halogens is 3. The topological polar surface area (TPSA) is 50.5 Å². The molecule has 0 spiro atoms. The second kappa shape index (κ2) is 6.74. The third kappa shape index (κ3) is 5.91. The summed E-state index contributed by atoms with van der Waals surface area (Å²) in [6.07, 6.45) is -4.01. The van der Waals surface area contributed by atoms with E-state index in [1.807, 2.05) is 19.0 Å². The smallest absolute Gasteiger partial charge is 0.406 e. The molecule has 1 atom stereocenters. The van der Waals surface area contributed by atoms with E-state index in [-0.39, 0.29) is 11.8 Å². The van der Waals surface area contributed by atoms with E-state index in [1.54, 1.807) is 6.07 Å². The molecular weight excluding hydrogens is 259 g/mol. The fraction of sp³-hybridized carbons (Fsp3) is 0.500. The molecule has 108 valence electrons. The molecule has 3 N–H and O–H groups in total. The van der Waals surface area contributed by atoms with Crippen molar-refractivity contribution in [1.82, 2.24) is 10.3 Å². The lowest BCUT2D eigenvalue weighted by Gasteiger charge is -2.19. The van der Waals surface area contributed by atoms with Crippen molar-refractivity contribution in [2.75, 3.05) is 20.6 Å². The molecule has 0 saturated carbocycles. The van der Waals surface area contributed by atoms with E-state index in [9.17, 15) is 13.2 Å². The van der Waals surface area contributed by atoms with Gasteiger partial charge in [-0.05, 0) is 44.8 Å². The van der Waals surface area contributed by atoms with Crippen LogP contribution in [-0.2, 0) is 0 Å². The van der Waals surface area contributed by atoms with Gasteiger partial charge in [0.2, 0.25) is 0 Å². The predicted octanol–water partition coefficient (Wildman–Crippen LogP) is 2.04. The van der Waals surface area contributed by atoms with Gasteiger partial charge in [0.1, 0.15) is 5.75 Å². The van der Waals surface area contributed by atoms with E-state index in [1.165, 1.54) is 18.2 Å². The first-order valence-corrected chi connectivity index (χ1v) is 5.78. The number of hydrogen-bond donors (Lipinski definition) is 2. The molecule has 1 unspecified atom stereocenters. The molecule has 1 aromatic carbocycles. The minimum Gasteiger partial charge on any atom is -0.406 e. The van der Waals surface area contributed by atoms with Gasteiger partial charge in [0.05, 0.1) is 0 Å². The van der Waals surface area contributed by atoms with Crippen LogP contribution in [0.25, 0.3) is 0 Å². The molecule has 19 heavy (non-hydrogen) atoms. The molecule has 1 rings (SSSR count). The van der Waals surface area contributed by atoms with Crippen molar-refractivity contribution in [1.29, 1.82) is 0 Å². The number of nitrogens with one attached hydrogen (secondary N) is 1. The van der Waals surface area contributed by atoms with Crippen LogP contribution in [0.2, 0.25) is 0 Å². The van der Waals surface area contributed by atoms with Gasteiger partial charge in [0, 0.05) is 6.04 Å². The number of rotatable bonds is 6. The van der Waals surface area contributed by atoms with E-state index in [0.29, 0.717) is 12.0 Å². The zero-order valence-electron chi connectivity index (χ0n) is 10.9. The van der Waals surface area contributed by atoms with Crippen LogP contribution >= 0.6 is 0 Å². The van der Waals surface area contributed by atoms with Crippen molar-refractivity contribution in [3.63, 3.8) is 0 Å². The molecule has 7 heteroatoms. The Balaban J connectivity index is 2.78. The van der Waals surface area contributed by atoms with Crippen molar-refractivity contribution < 1.29 is 17.9 Å². The molecule has 0 amide bonds. The molecule has 0 aliphatic carbocycles. The van der Waals surface area contributed by atoms with Gasteiger partial charge in [-0.25, -0.2) is 0 Å². The molecule has 0 bridgehead atoms. The van der Waals surface area contributed by atoms with E-state index >= 15 is 0 Å². The zero-order valence-corrected chi connectivity index (χ0v) is 10.9. The number of nitrogens with zero attached hydrogens (tertiary/aromatic N) is 1. The fourth-order valence-electron chi connectivity index (χ4n) is 1.66. The van der Waals surface area contributed by atoms with Crippen molar-refractivity contribution in [3.05, 3.63) is 29.8 Å². The fourth-order valence-corrected chi connectivity index (χ4v) is 1.66. The van der Waals surface area contributed by atoms with Crippen molar-refractivity contribution in [2.45, 2.75) is 18.8 Å². The van der Waals surface area contributed by atoms with Crippen LogP contribution in [0.4, 0.5) is 13.2 Å². The summed E-state index contributed by atoms with van der Waals surface area (Å²) >= 11 is 0. The second-order valence-electron chi connectivity index (χ2n) is 4.43. The standard InChI is InChI=1S/C12H18F3N3O/c1-18(2)7-6-11(17-16)9-4-3-5-10(8-9)19-12(13,14)15/h3-5,8,11,17H,6-7,16H2,1-2H3. The van der Waals surface area contributed by atoms with Gasteiger partial charge in [-0.15, -0.1) is 13.2 Å². The molecule has 4 nitrogen and oxygen atoms in total. The van der Waals surface area contributed by atoms with Gasteiger partial charge >= 0.3 is 6.36 Å². The van der Waals surface area contributed by atoms with Crippen LogP contribution in [0.1, 0.15) is 18.0 Å². The molecule has 0 fully saturated rings. The first kappa shape index (κ1) is 15.7. The summed E-state index contributed by atoms with van der Waals surface area (Å²) in [6, 6.07) is 5.60. The van der Waals surface area contributed by atoms with Gasteiger partial charge in [-0.2, -0.15) is 0 Å². The summed E-state index contributed by atoms with van der Waals surface area (Å²) in [4.78, 5) is 1.97. The highest BCUT2D eigenvalue weighted by atomic mass is 19.4. The van der Waals surface area contributed by atoms with Crippen LogP contribution in [0.5, 0.6) is 5.75 Å². The average Bonchev–Trinajstić information content (AvgIpc) is 2.27. The third-order valence-electron chi connectivity index (χ3n) is 2.56. The van der Waals surface area contributed by atoms with Gasteiger partial charge in [0.15, 0.2) is 0 Å². The summed E-state index contributed by atoms with van der Waals surface area (Å²) in [5.74, 6) is 5.20. The molecule has 1 aromatic rings. The van der Waals surface area contributed by atoms with Crippen LogP contribution in [0, 0.1) is 0 Å². The SMILES string of the molecule is CN(C)CCC(NN)c1cccc(OC(F)(F)F)c1. The molecule has 0 aliphatic heterocycles. The van der Waals surface area contributed by atoms with Gasteiger partial charge in [-0.1, -0.05) is 12.1 Å². The van der Waals surface area contributed by atoms with Crippen LogP contribution < -0.4 is 16.0 Å².